The Bertz CT molecular complexity index is 580. The number of benzene rings is 1. The molecule has 1 amide bonds. The van der Waals surface area contributed by atoms with E-state index in [1.165, 1.54) is 6.08 Å². The second-order valence-electron chi connectivity index (χ2n) is 3.97. The number of nitrogens with one attached hydrogen (secondary N) is 1. The van der Waals surface area contributed by atoms with Gasteiger partial charge in [-0.3, -0.25) is 9.59 Å². The first kappa shape index (κ1) is 17.0. The summed E-state index contributed by atoms with van der Waals surface area (Å²) in [5.41, 5.74) is 0.404. The monoisotopic (exact) mass is 331 g/mol. The third kappa shape index (κ3) is 5.45. The van der Waals surface area contributed by atoms with E-state index in [1.807, 2.05) is 0 Å². The van der Waals surface area contributed by atoms with Gasteiger partial charge < -0.3 is 15.5 Å². The fourth-order valence-corrected chi connectivity index (χ4v) is 1.95. The van der Waals surface area contributed by atoms with E-state index in [9.17, 15) is 14.4 Å². The van der Waals surface area contributed by atoms with E-state index in [0.717, 1.165) is 6.08 Å². The first-order valence-electron chi connectivity index (χ1n) is 5.68. The van der Waals surface area contributed by atoms with Gasteiger partial charge in [0.1, 0.15) is 6.04 Å². The van der Waals surface area contributed by atoms with Gasteiger partial charge in [-0.25, -0.2) is 4.79 Å². The Balaban J connectivity index is 2.78. The van der Waals surface area contributed by atoms with E-state index >= 15 is 0 Å². The second kappa shape index (κ2) is 7.66. The molecular weight excluding hydrogens is 321 g/mol. The van der Waals surface area contributed by atoms with Crippen molar-refractivity contribution in [3.05, 3.63) is 39.9 Å². The molecule has 0 radical (unpaired) electrons. The molecule has 0 aliphatic heterocycles. The fraction of sp³-hybridized carbons (Fsp3) is 0.154. The van der Waals surface area contributed by atoms with Gasteiger partial charge in [-0.2, -0.15) is 0 Å². The number of hydrogen-bond donors (Lipinski definition) is 3. The molecule has 0 aliphatic rings. The summed E-state index contributed by atoms with van der Waals surface area (Å²) < 4.78 is 0. The molecule has 1 aromatic rings. The van der Waals surface area contributed by atoms with Crippen molar-refractivity contribution in [3.8, 4) is 0 Å². The number of amides is 1. The van der Waals surface area contributed by atoms with Crippen LogP contribution in [0.25, 0.3) is 6.08 Å². The summed E-state index contributed by atoms with van der Waals surface area (Å²) in [7, 11) is 0. The van der Waals surface area contributed by atoms with Crippen LogP contribution in [-0.4, -0.2) is 34.1 Å². The number of carbonyl (C=O) groups is 3. The van der Waals surface area contributed by atoms with Crippen molar-refractivity contribution in [2.24, 2.45) is 0 Å². The third-order valence-corrected chi connectivity index (χ3v) is 3.05. The smallest absolute Gasteiger partial charge is 0.326 e. The quantitative estimate of drug-likeness (QED) is 0.692. The van der Waals surface area contributed by atoms with Crippen LogP contribution in [0.5, 0.6) is 0 Å². The lowest BCUT2D eigenvalue weighted by Gasteiger charge is -2.10. The number of carboxylic acid groups (broad SMARTS) is 2. The van der Waals surface area contributed by atoms with Crippen molar-refractivity contribution in [3.63, 3.8) is 0 Å². The van der Waals surface area contributed by atoms with E-state index in [-0.39, 0.29) is 0 Å². The number of rotatable bonds is 6. The van der Waals surface area contributed by atoms with Crippen LogP contribution in [-0.2, 0) is 14.4 Å². The molecule has 1 aromatic carbocycles. The van der Waals surface area contributed by atoms with Gasteiger partial charge in [-0.1, -0.05) is 29.3 Å². The first-order chi connectivity index (χ1) is 9.81. The van der Waals surface area contributed by atoms with Crippen LogP contribution in [0.15, 0.2) is 24.3 Å². The summed E-state index contributed by atoms with van der Waals surface area (Å²) in [6.07, 6.45) is 1.63. The van der Waals surface area contributed by atoms with Crippen LogP contribution < -0.4 is 5.32 Å². The zero-order chi connectivity index (χ0) is 16.0. The highest BCUT2D eigenvalue weighted by molar-refractivity contribution is 6.37. The number of carbonyl (C=O) groups excluding carboxylic acids is 1. The zero-order valence-electron chi connectivity index (χ0n) is 10.5. The summed E-state index contributed by atoms with van der Waals surface area (Å²) in [6, 6.07) is 3.28. The van der Waals surface area contributed by atoms with Crippen molar-refractivity contribution >= 4 is 47.1 Å². The molecule has 21 heavy (non-hydrogen) atoms. The number of carboxylic acids is 2. The average molecular weight is 332 g/mol. The summed E-state index contributed by atoms with van der Waals surface area (Å²) in [5.74, 6) is -3.53. The van der Waals surface area contributed by atoms with Crippen LogP contribution in [0.3, 0.4) is 0 Å². The molecular formula is C13H11Cl2NO5. The van der Waals surface area contributed by atoms with Crippen molar-refractivity contribution in [1.82, 2.24) is 5.32 Å². The maximum atomic E-state index is 11.6. The minimum absolute atomic E-state index is 0.326. The van der Waals surface area contributed by atoms with E-state index in [4.69, 9.17) is 33.4 Å². The molecule has 0 aromatic heterocycles. The molecule has 3 N–H and O–H groups in total. The predicted molar refractivity (Wildman–Crippen MR) is 77.3 cm³/mol. The summed E-state index contributed by atoms with van der Waals surface area (Å²) >= 11 is 11.8. The molecule has 8 heteroatoms. The number of hydrogen-bond acceptors (Lipinski definition) is 3. The van der Waals surface area contributed by atoms with Crippen LogP contribution >= 0.6 is 23.2 Å². The Labute approximate surface area is 130 Å². The van der Waals surface area contributed by atoms with Crippen molar-refractivity contribution < 1.29 is 24.6 Å². The first-order valence-corrected chi connectivity index (χ1v) is 6.44. The highest BCUT2D eigenvalue weighted by Gasteiger charge is 2.22. The molecule has 0 bridgehead atoms. The van der Waals surface area contributed by atoms with Crippen LogP contribution in [0.4, 0.5) is 0 Å². The molecule has 6 nitrogen and oxygen atoms in total. The number of aliphatic carboxylic acids is 2. The van der Waals surface area contributed by atoms with Gasteiger partial charge in [-0.05, 0) is 18.2 Å². The molecule has 1 atom stereocenters. The number of halogens is 2. The lowest BCUT2D eigenvalue weighted by molar-refractivity contribution is -0.146. The van der Waals surface area contributed by atoms with Crippen LogP contribution in [0.2, 0.25) is 10.0 Å². The molecule has 0 spiro atoms. The standard InChI is InChI=1S/C13H11Cl2NO5/c14-8-2-1-3-9(15)7(8)4-5-11(17)16-10(13(20)21)6-12(18)19/h1-5,10H,6H2,(H,16,17)(H,18,19)(H,20,21)/b5-4+/t10-/m1/s1. The Morgan fingerprint density at radius 1 is 1.19 bits per heavy atom. The fourth-order valence-electron chi connectivity index (χ4n) is 1.42. The van der Waals surface area contributed by atoms with Gasteiger partial charge in [0.2, 0.25) is 5.91 Å². The van der Waals surface area contributed by atoms with E-state index in [0.29, 0.717) is 15.6 Å². The second-order valence-corrected chi connectivity index (χ2v) is 4.78. The summed E-state index contributed by atoms with van der Waals surface area (Å²) in [6.45, 7) is 0. The Kier molecular flexibility index (Phi) is 6.20. The van der Waals surface area contributed by atoms with Gasteiger partial charge in [0, 0.05) is 21.7 Å². The minimum atomic E-state index is -1.51. The lowest BCUT2D eigenvalue weighted by atomic mass is 10.2. The Hall–Kier alpha value is -2.05. The molecule has 1 rings (SSSR count). The van der Waals surface area contributed by atoms with Gasteiger partial charge >= 0.3 is 11.9 Å². The third-order valence-electron chi connectivity index (χ3n) is 2.39. The predicted octanol–water partition coefficient (Wildman–Crippen LogP) is 2.05. The van der Waals surface area contributed by atoms with E-state index < -0.39 is 30.3 Å². The van der Waals surface area contributed by atoms with Crippen LogP contribution in [0.1, 0.15) is 12.0 Å². The minimum Gasteiger partial charge on any atom is -0.481 e. The largest absolute Gasteiger partial charge is 0.481 e. The van der Waals surface area contributed by atoms with E-state index in [1.54, 1.807) is 18.2 Å². The van der Waals surface area contributed by atoms with Crippen molar-refractivity contribution in [2.75, 3.05) is 0 Å². The maximum absolute atomic E-state index is 11.6. The van der Waals surface area contributed by atoms with Crippen LogP contribution in [0, 0.1) is 0 Å². The molecule has 0 aliphatic carbocycles. The normalized spacial score (nSPS) is 12.1. The zero-order valence-corrected chi connectivity index (χ0v) is 12.1. The van der Waals surface area contributed by atoms with Gasteiger partial charge in [0.05, 0.1) is 6.42 Å². The van der Waals surface area contributed by atoms with E-state index in [2.05, 4.69) is 5.32 Å². The highest BCUT2D eigenvalue weighted by atomic mass is 35.5. The molecule has 0 saturated heterocycles. The lowest BCUT2D eigenvalue weighted by Crippen LogP contribution is -2.41. The van der Waals surface area contributed by atoms with Crippen molar-refractivity contribution in [1.29, 1.82) is 0 Å². The summed E-state index contributed by atoms with van der Waals surface area (Å²) in [4.78, 5) is 32.9. The summed E-state index contributed by atoms with van der Waals surface area (Å²) in [5, 5.41) is 20.1. The average Bonchev–Trinajstić information content (AvgIpc) is 2.36. The van der Waals surface area contributed by atoms with Crippen molar-refractivity contribution in [2.45, 2.75) is 12.5 Å². The Morgan fingerprint density at radius 3 is 2.24 bits per heavy atom. The SMILES string of the molecule is O=C(O)C[C@@H](NC(=O)/C=C/c1c(Cl)cccc1Cl)C(=O)O. The van der Waals surface area contributed by atoms with Gasteiger partial charge in [-0.15, -0.1) is 0 Å². The highest BCUT2D eigenvalue weighted by Crippen LogP contribution is 2.25. The molecule has 112 valence electrons. The van der Waals surface area contributed by atoms with Gasteiger partial charge in [0.25, 0.3) is 0 Å². The molecule has 0 unspecified atom stereocenters. The maximum Gasteiger partial charge on any atom is 0.326 e. The molecule has 0 fully saturated rings. The molecule has 0 saturated carbocycles. The molecule has 0 heterocycles. The van der Waals surface area contributed by atoms with Gasteiger partial charge in [0.15, 0.2) is 0 Å². The Morgan fingerprint density at radius 2 is 1.76 bits per heavy atom. The topological polar surface area (TPSA) is 104 Å².